The van der Waals surface area contributed by atoms with Crippen LogP contribution < -0.4 is 5.32 Å². The fraction of sp³-hybridized carbons (Fsp3) is 0.750. The summed E-state index contributed by atoms with van der Waals surface area (Å²) in [5.74, 6) is 0. The van der Waals surface area contributed by atoms with E-state index < -0.39 is 0 Å². The number of rotatable bonds is 8. The van der Waals surface area contributed by atoms with Crippen molar-refractivity contribution in [3.05, 3.63) is 16.6 Å². The molecule has 1 N–H and O–H groups in total. The summed E-state index contributed by atoms with van der Waals surface area (Å²) in [7, 11) is 0. The van der Waals surface area contributed by atoms with Crippen molar-refractivity contribution in [2.45, 2.75) is 33.2 Å². The molecule has 0 radical (unpaired) electrons. The molecule has 16 heavy (non-hydrogen) atoms. The van der Waals surface area contributed by atoms with E-state index in [1.54, 1.807) is 11.3 Å². The highest BCUT2D eigenvalue weighted by Gasteiger charge is 2.07. The highest BCUT2D eigenvalue weighted by molar-refractivity contribution is 7.09. The zero-order chi connectivity index (χ0) is 11.8. The van der Waals surface area contributed by atoms with Crippen molar-refractivity contribution in [2.24, 2.45) is 0 Å². The standard InChI is InChI=1S/C12H23N3S/c1-4-8-15(5-2)9-6-13-11(3)12-14-7-10-16-12/h7,10-11,13H,4-6,8-9H2,1-3H3. The Balaban J connectivity index is 2.19. The molecule has 0 bridgehead atoms. The molecule has 1 heterocycles. The van der Waals surface area contributed by atoms with Crippen molar-refractivity contribution in [2.75, 3.05) is 26.2 Å². The molecule has 92 valence electrons. The van der Waals surface area contributed by atoms with E-state index in [2.05, 4.69) is 36.0 Å². The molecule has 3 nitrogen and oxygen atoms in total. The van der Waals surface area contributed by atoms with Crippen molar-refractivity contribution < 1.29 is 0 Å². The number of hydrogen-bond donors (Lipinski definition) is 1. The third-order valence-corrected chi connectivity index (χ3v) is 3.65. The molecule has 0 aliphatic carbocycles. The Hall–Kier alpha value is -0.450. The first kappa shape index (κ1) is 13.6. The van der Waals surface area contributed by atoms with Gasteiger partial charge in [0, 0.05) is 24.7 Å². The Morgan fingerprint density at radius 2 is 2.25 bits per heavy atom. The second-order valence-corrected chi connectivity index (χ2v) is 4.91. The van der Waals surface area contributed by atoms with Crippen LogP contribution >= 0.6 is 11.3 Å². The topological polar surface area (TPSA) is 28.2 Å². The zero-order valence-electron chi connectivity index (χ0n) is 10.6. The van der Waals surface area contributed by atoms with Crippen LogP contribution in [0.15, 0.2) is 11.6 Å². The maximum Gasteiger partial charge on any atom is 0.109 e. The van der Waals surface area contributed by atoms with Crippen molar-refractivity contribution in [3.63, 3.8) is 0 Å². The lowest BCUT2D eigenvalue weighted by molar-refractivity contribution is 0.284. The summed E-state index contributed by atoms with van der Waals surface area (Å²) in [6.45, 7) is 11.1. The lowest BCUT2D eigenvalue weighted by Gasteiger charge is -2.20. The fourth-order valence-electron chi connectivity index (χ4n) is 1.72. The smallest absolute Gasteiger partial charge is 0.109 e. The van der Waals surface area contributed by atoms with Crippen LogP contribution in [0, 0.1) is 0 Å². The molecular weight excluding hydrogens is 218 g/mol. The molecule has 0 spiro atoms. The van der Waals surface area contributed by atoms with Gasteiger partial charge in [0.25, 0.3) is 0 Å². The summed E-state index contributed by atoms with van der Waals surface area (Å²) < 4.78 is 0. The predicted molar refractivity (Wildman–Crippen MR) is 70.9 cm³/mol. The van der Waals surface area contributed by atoms with Crippen LogP contribution in [0.1, 0.15) is 38.2 Å². The number of likely N-dealkylation sites (N-methyl/N-ethyl adjacent to an activating group) is 1. The average molecular weight is 241 g/mol. The van der Waals surface area contributed by atoms with Gasteiger partial charge in [0.15, 0.2) is 0 Å². The lowest BCUT2D eigenvalue weighted by Crippen LogP contribution is -2.33. The number of thiazole rings is 1. The largest absolute Gasteiger partial charge is 0.307 e. The molecule has 1 unspecified atom stereocenters. The molecule has 1 aromatic rings. The van der Waals surface area contributed by atoms with Gasteiger partial charge in [-0.3, -0.25) is 0 Å². The van der Waals surface area contributed by atoms with Gasteiger partial charge in [-0.05, 0) is 26.4 Å². The summed E-state index contributed by atoms with van der Waals surface area (Å²) in [5, 5.41) is 6.72. The second-order valence-electron chi connectivity index (χ2n) is 3.98. The normalized spacial score (nSPS) is 13.2. The van der Waals surface area contributed by atoms with Gasteiger partial charge in [-0.15, -0.1) is 11.3 Å². The van der Waals surface area contributed by atoms with Crippen molar-refractivity contribution in [1.29, 1.82) is 0 Å². The lowest BCUT2D eigenvalue weighted by atomic mass is 10.3. The summed E-state index contributed by atoms with van der Waals surface area (Å²) in [5.41, 5.74) is 0. The fourth-order valence-corrected chi connectivity index (χ4v) is 2.39. The van der Waals surface area contributed by atoms with E-state index in [0.717, 1.165) is 19.6 Å². The van der Waals surface area contributed by atoms with Crippen LogP contribution in [-0.2, 0) is 0 Å². The van der Waals surface area contributed by atoms with Crippen molar-refractivity contribution in [1.82, 2.24) is 15.2 Å². The van der Waals surface area contributed by atoms with Gasteiger partial charge in [0.2, 0.25) is 0 Å². The maximum absolute atomic E-state index is 4.31. The summed E-state index contributed by atoms with van der Waals surface area (Å²) in [6, 6.07) is 0.375. The van der Waals surface area contributed by atoms with E-state index in [0.29, 0.717) is 6.04 Å². The molecule has 0 aliphatic heterocycles. The van der Waals surface area contributed by atoms with Gasteiger partial charge in [0.1, 0.15) is 5.01 Å². The average Bonchev–Trinajstić information content (AvgIpc) is 2.81. The van der Waals surface area contributed by atoms with E-state index in [1.165, 1.54) is 18.0 Å². The first-order valence-electron chi connectivity index (χ1n) is 6.13. The minimum Gasteiger partial charge on any atom is -0.307 e. The van der Waals surface area contributed by atoms with E-state index in [4.69, 9.17) is 0 Å². The monoisotopic (exact) mass is 241 g/mol. The number of aromatic nitrogens is 1. The predicted octanol–water partition coefficient (Wildman–Crippen LogP) is 2.53. The zero-order valence-corrected chi connectivity index (χ0v) is 11.4. The van der Waals surface area contributed by atoms with Gasteiger partial charge in [-0.25, -0.2) is 4.98 Å². The molecule has 1 aromatic heterocycles. The Bertz CT molecular complexity index is 261. The summed E-state index contributed by atoms with van der Waals surface area (Å²) in [4.78, 5) is 6.79. The summed E-state index contributed by atoms with van der Waals surface area (Å²) in [6.07, 6.45) is 3.10. The Morgan fingerprint density at radius 1 is 1.44 bits per heavy atom. The Labute approximate surface area is 103 Å². The van der Waals surface area contributed by atoms with Crippen LogP contribution in [0.3, 0.4) is 0 Å². The summed E-state index contributed by atoms with van der Waals surface area (Å²) >= 11 is 1.72. The molecule has 0 fully saturated rings. The molecule has 0 saturated heterocycles. The second kappa shape index (κ2) is 7.76. The molecule has 0 saturated carbocycles. The number of nitrogens with one attached hydrogen (secondary N) is 1. The number of nitrogens with zero attached hydrogens (tertiary/aromatic N) is 2. The van der Waals surface area contributed by atoms with Crippen LogP contribution in [0.25, 0.3) is 0 Å². The van der Waals surface area contributed by atoms with Crippen LogP contribution in [0.5, 0.6) is 0 Å². The minimum absolute atomic E-state index is 0.375. The van der Waals surface area contributed by atoms with E-state index >= 15 is 0 Å². The quantitative estimate of drug-likeness (QED) is 0.758. The Morgan fingerprint density at radius 3 is 2.81 bits per heavy atom. The third-order valence-electron chi connectivity index (χ3n) is 2.69. The minimum atomic E-state index is 0.375. The van der Waals surface area contributed by atoms with Crippen molar-refractivity contribution >= 4 is 11.3 Å². The van der Waals surface area contributed by atoms with Gasteiger partial charge in [-0.2, -0.15) is 0 Å². The SMILES string of the molecule is CCCN(CC)CCNC(C)c1nccs1. The molecule has 0 aliphatic rings. The maximum atomic E-state index is 4.31. The van der Waals surface area contributed by atoms with Crippen LogP contribution in [0.2, 0.25) is 0 Å². The molecule has 4 heteroatoms. The van der Waals surface area contributed by atoms with Gasteiger partial charge < -0.3 is 10.2 Å². The number of hydrogen-bond acceptors (Lipinski definition) is 4. The van der Waals surface area contributed by atoms with E-state index in [9.17, 15) is 0 Å². The first-order chi connectivity index (χ1) is 7.77. The molecule has 1 atom stereocenters. The molecule has 0 amide bonds. The van der Waals surface area contributed by atoms with Crippen LogP contribution in [-0.4, -0.2) is 36.1 Å². The molecular formula is C12H23N3S. The molecule has 0 aromatic carbocycles. The third kappa shape index (κ3) is 4.60. The van der Waals surface area contributed by atoms with E-state index in [1.807, 2.05) is 11.6 Å². The van der Waals surface area contributed by atoms with Crippen LogP contribution in [0.4, 0.5) is 0 Å². The molecule has 1 rings (SSSR count). The van der Waals surface area contributed by atoms with Gasteiger partial charge in [-0.1, -0.05) is 13.8 Å². The van der Waals surface area contributed by atoms with Gasteiger partial charge in [0.05, 0.1) is 6.04 Å². The first-order valence-corrected chi connectivity index (χ1v) is 7.01. The Kier molecular flexibility index (Phi) is 6.61. The van der Waals surface area contributed by atoms with E-state index in [-0.39, 0.29) is 0 Å². The highest BCUT2D eigenvalue weighted by Crippen LogP contribution is 2.13. The highest BCUT2D eigenvalue weighted by atomic mass is 32.1. The van der Waals surface area contributed by atoms with Crippen molar-refractivity contribution in [3.8, 4) is 0 Å². The van der Waals surface area contributed by atoms with Gasteiger partial charge >= 0.3 is 0 Å².